The Kier molecular flexibility index (Phi) is 3.98. The van der Waals surface area contributed by atoms with Crippen molar-refractivity contribution in [1.82, 2.24) is 0 Å². The summed E-state index contributed by atoms with van der Waals surface area (Å²) in [7, 11) is 3.78. The van der Waals surface area contributed by atoms with Crippen LogP contribution in [0.5, 0.6) is 0 Å². The van der Waals surface area contributed by atoms with Crippen LogP contribution < -0.4 is 4.90 Å². The fraction of sp³-hybridized carbons (Fsp3) is 0.571. The number of anilines is 1. The Hall–Kier alpha value is -1.02. The second kappa shape index (κ2) is 4.88. The molecule has 1 rings (SSSR count). The van der Waals surface area contributed by atoms with E-state index >= 15 is 0 Å². The molecular weight excluding hydrogens is 198 g/mol. The highest BCUT2D eigenvalue weighted by atomic mass is 16.5. The Bertz CT molecular complexity index is 352. The van der Waals surface area contributed by atoms with Crippen molar-refractivity contribution >= 4 is 5.69 Å². The first-order chi connectivity index (χ1) is 7.36. The normalized spacial score (nSPS) is 11.6. The number of hydrogen-bond acceptors (Lipinski definition) is 2. The average molecular weight is 221 g/mol. The van der Waals surface area contributed by atoms with Crippen LogP contribution in [0.4, 0.5) is 5.69 Å². The zero-order valence-electron chi connectivity index (χ0n) is 11.3. The molecule has 2 nitrogen and oxygen atoms in total. The van der Waals surface area contributed by atoms with Crippen LogP contribution in [0.25, 0.3) is 0 Å². The molecule has 0 atom stereocenters. The molecule has 0 saturated heterocycles. The number of hydrogen-bond donors (Lipinski definition) is 0. The lowest BCUT2D eigenvalue weighted by molar-refractivity contribution is 0.202. The molecule has 2 heteroatoms. The zero-order chi connectivity index (χ0) is 12.3. The molecule has 0 aromatic heterocycles. The molecule has 16 heavy (non-hydrogen) atoms. The van der Waals surface area contributed by atoms with Crippen molar-refractivity contribution in [3.8, 4) is 0 Å². The lowest BCUT2D eigenvalue weighted by atomic mass is 9.86. The maximum Gasteiger partial charge on any atom is 0.118 e. The Morgan fingerprint density at radius 2 is 1.88 bits per heavy atom. The van der Waals surface area contributed by atoms with E-state index < -0.39 is 0 Å². The summed E-state index contributed by atoms with van der Waals surface area (Å²) in [5, 5.41) is 0. The van der Waals surface area contributed by atoms with Crippen molar-refractivity contribution < 1.29 is 4.74 Å². The molecule has 0 fully saturated rings. The van der Waals surface area contributed by atoms with Gasteiger partial charge in [0.1, 0.15) is 6.73 Å². The fourth-order valence-corrected chi connectivity index (χ4v) is 1.75. The maximum absolute atomic E-state index is 5.16. The molecule has 0 amide bonds. The van der Waals surface area contributed by atoms with Gasteiger partial charge in [-0.15, -0.1) is 0 Å². The molecule has 0 heterocycles. The Labute approximate surface area is 99.2 Å². The van der Waals surface area contributed by atoms with Gasteiger partial charge in [-0.25, -0.2) is 0 Å². The van der Waals surface area contributed by atoms with E-state index in [4.69, 9.17) is 4.74 Å². The Morgan fingerprint density at radius 1 is 1.25 bits per heavy atom. The highest BCUT2D eigenvalue weighted by Crippen LogP contribution is 2.28. The number of methoxy groups -OCH3 is 1. The number of nitrogens with zero attached hydrogens (tertiary/aromatic N) is 1. The predicted molar refractivity (Wildman–Crippen MR) is 70.2 cm³/mol. The molecule has 0 saturated carbocycles. The minimum atomic E-state index is 0.191. The van der Waals surface area contributed by atoms with Crippen LogP contribution >= 0.6 is 0 Å². The first-order valence-electron chi connectivity index (χ1n) is 5.67. The van der Waals surface area contributed by atoms with Gasteiger partial charge in [0, 0.05) is 19.8 Å². The fourth-order valence-electron chi connectivity index (χ4n) is 1.75. The molecule has 0 aliphatic carbocycles. The van der Waals surface area contributed by atoms with Gasteiger partial charge in [0.15, 0.2) is 0 Å². The monoisotopic (exact) mass is 221 g/mol. The van der Waals surface area contributed by atoms with Gasteiger partial charge in [0.25, 0.3) is 0 Å². The van der Waals surface area contributed by atoms with Crippen LogP contribution in [-0.2, 0) is 10.2 Å². The molecular formula is C14H23NO. The highest BCUT2D eigenvalue weighted by molar-refractivity contribution is 5.55. The van der Waals surface area contributed by atoms with Crippen molar-refractivity contribution in [2.75, 3.05) is 25.8 Å². The minimum absolute atomic E-state index is 0.191. The van der Waals surface area contributed by atoms with Crippen molar-refractivity contribution in [3.05, 3.63) is 29.3 Å². The first-order valence-corrected chi connectivity index (χ1v) is 5.67. The van der Waals surface area contributed by atoms with Crippen molar-refractivity contribution in [1.29, 1.82) is 0 Å². The second-order valence-corrected chi connectivity index (χ2v) is 5.37. The van der Waals surface area contributed by atoms with Crippen molar-refractivity contribution in [2.24, 2.45) is 0 Å². The number of ether oxygens (including phenoxy) is 1. The summed E-state index contributed by atoms with van der Waals surface area (Å²) in [6.45, 7) is 9.45. The summed E-state index contributed by atoms with van der Waals surface area (Å²) >= 11 is 0. The van der Waals surface area contributed by atoms with E-state index in [1.54, 1.807) is 7.11 Å². The van der Waals surface area contributed by atoms with E-state index in [1.165, 1.54) is 16.8 Å². The van der Waals surface area contributed by atoms with E-state index in [0.29, 0.717) is 6.73 Å². The van der Waals surface area contributed by atoms with Crippen molar-refractivity contribution in [2.45, 2.75) is 33.1 Å². The van der Waals surface area contributed by atoms with E-state index in [2.05, 4.69) is 57.8 Å². The highest BCUT2D eigenvalue weighted by Gasteiger charge is 2.15. The zero-order valence-corrected chi connectivity index (χ0v) is 11.3. The third-order valence-electron chi connectivity index (χ3n) is 2.81. The first kappa shape index (κ1) is 13.0. The summed E-state index contributed by atoms with van der Waals surface area (Å²) in [6, 6.07) is 6.65. The van der Waals surface area contributed by atoms with Crippen LogP contribution in [-0.4, -0.2) is 20.9 Å². The van der Waals surface area contributed by atoms with Crippen LogP contribution in [0, 0.1) is 6.92 Å². The summed E-state index contributed by atoms with van der Waals surface area (Å²) in [6.07, 6.45) is 0. The topological polar surface area (TPSA) is 12.5 Å². The lowest BCUT2D eigenvalue weighted by Gasteiger charge is -2.25. The third-order valence-corrected chi connectivity index (χ3v) is 2.81. The molecule has 1 aromatic rings. The molecule has 0 aliphatic rings. The van der Waals surface area contributed by atoms with Crippen LogP contribution in [0.1, 0.15) is 31.9 Å². The Balaban J connectivity index is 3.09. The minimum Gasteiger partial charge on any atom is -0.364 e. The number of aryl methyl sites for hydroxylation is 1. The quantitative estimate of drug-likeness (QED) is 0.726. The van der Waals surface area contributed by atoms with Gasteiger partial charge < -0.3 is 9.64 Å². The van der Waals surface area contributed by atoms with E-state index in [-0.39, 0.29) is 5.41 Å². The van der Waals surface area contributed by atoms with Gasteiger partial charge in [0.2, 0.25) is 0 Å². The maximum atomic E-state index is 5.16. The van der Waals surface area contributed by atoms with E-state index in [1.807, 2.05) is 0 Å². The van der Waals surface area contributed by atoms with Gasteiger partial charge in [-0.3, -0.25) is 0 Å². The summed E-state index contributed by atoms with van der Waals surface area (Å²) in [5.41, 5.74) is 4.08. The van der Waals surface area contributed by atoms with E-state index in [9.17, 15) is 0 Å². The van der Waals surface area contributed by atoms with Gasteiger partial charge in [0.05, 0.1) is 0 Å². The van der Waals surface area contributed by atoms with Gasteiger partial charge >= 0.3 is 0 Å². The van der Waals surface area contributed by atoms with E-state index in [0.717, 1.165) is 0 Å². The average Bonchev–Trinajstić information content (AvgIpc) is 2.16. The van der Waals surface area contributed by atoms with Crippen LogP contribution in [0.3, 0.4) is 0 Å². The molecule has 0 bridgehead atoms. The summed E-state index contributed by atoms with van der Waals surface area (Å²) in [4.78, 5) is 2.13. The molecule has 0 spiro atoms. The molecule has 1 aromatic carbocycles. The molecule has 0 N–H and O–H groups in total. The van der Waals surface area contributed by atoms with Crippen molar-refractivity contribution in [3.63, 3.8) is 0 Å². The largest absolute Gasteiger partial charge is 0.364 e. The summed E-state index contributed by atoms with van der Waals surface area (Å²) in [5.74, 6) is 0. The summed E-state index contributed by atoms with van der Waals surface area (Å²) < 4.78 is 5.16. The number of rotatable bonds is 3. The second-order valence-electron chi connectivity index (χ2n) is 5.37. The third kappa shape index (κ3) is 2.99. The van der Waals surface area contributed by atoms with Gasteiger partial charge in [-0.05, 0) is 29.5 Å². The Morgan fingerprint density at radius 3 is 2.38 bits per heavy atom. The molecule has 0 radical (unpaired) electrons. The van der Waals surface area contributed by atoms with Gasteiger partial charge in [-0.2, -0.15) is 0 Å². The van der Waals surface area contributed by atoms with Crippen LogP contribution in [0.2, 0.25) is 0 Å². The molecule has 0 aliphatic heterocycles. The molecule has 90 valence electrons. The number of benzene rings is 1. The standard InChI is InChI=1S/C14H23NO/c1-11-7-8-12(14(2,3)4)9-13(11)15(5)10-16-6/h7-9H,10H2,1-6H3. The molecule has 0 unspecified atom stereocenters. The predicted octanol–water partition coefficient (Wildman–Crippen LogP) is 3.33. The van der Waals surface area contributed by atoms with Crippen LogP contribution in [0.15, 0.2) is 18.2 Å². The van der Waals surface area contributed by atoms with Gasteiger partial charge in [-0.1, -0.05) is 32.9 Å². The smallest absolute Gasteiger partial charge is 0.118 e. The SMILES string of the molecule is COCN(C)c1cc(C(C)(C)C)ccc1C. The lowest BCUT2D eigenvalue weighted by Crippen LogP contribution is -2.21.